The van der Waals surface area contributed by atoms with Gasteiger partial charge in [-0.3, -0.25) is 14.4 Å². The van der Waals surface area contributed by atoms with Crippen molar-refractivity contribution in [3.05, 3.63) is 75.6 Å². The minimum absolute atomic E-state index is 0.00426. The number of aromatic nitrogens is 1. The zero-order valence-electron chi connectivity index (χ0n) is 18.1. The van der Waals surface area contributed by atoms with Crippen LogP contribution in [0.2, 0.25) is 0 Å². The maximum atomic E-state index is 13.3. The lowest BCUT2D eigenvalue weighted by molar-refractivity contribution is -0.124. The van der Waals surface area contributed by atoms with Gasteiger partial charge in [0.1, 0.15) is 11.3 Å². The third-order valence-electron chi connectivity index (χ3n) is 5.49. The van der Waals surface area contributed by atoms with E-state index in [0.29, 0.717) is 33.2 Å². The van der Waals surface area contributed by atoms with Crippen molar-refractivity contribution in [3.63, 3.8) is 0 Å². The summed E-state index contributed by atoms with van der Waals surface area (Å²) in [7, 11) is 0. The lowest BCUT2D eigenvalue weighted by atomic mass is 9.87. The predicted octanol–water partition coefficient (Wildman–Crippen LogP) is 2.96. The number of carbonyl (C=O) groups is 2. The van der Waals surface area contributed by atoms with Crippen LogP contribution in [0.15, 0.2) is 63.4 Å². The summed E-state index contributed by atoms with van der Waals surface area (Å²) in [5.74, 6) is -1.25. The number of carbonyl (C=O) groups excluding carboxylic acids is 2. The number of aromatic hydroxyl groups is 1. The van der Waals surface area contributed by atoms with Crippen molar-refractivity contribution in [2.24, 2.45) is 0 Å². The molecule has 0 bridgehead atoms. The Morgan fingerprint density at radius 3 is 2.71 bits per heavy atom. The number of phenols is 1. The number of nitrogens with zero attached hydrogens (tertiary/aromatic N) is 1. The number of anilines is 1. The Hall–Kier alpha value is -4.38. The summed E-state index contributed by atoms with van der Waals surface area (Å²) in [4.78, 5) is 42.3. The number of thiazole rings is 1. The number of ether oxygens (including phenoxy) is 2. The number of amides is 2. The highest BCUT2D eigenvalue weighted by Crippen LogP contribution is 2.42. The number of para-hydroxylation sites is 1. The van der Waals surface area contributed by atoms with E-state index >= 15 is 0 Å². The number of hydrogen-bond acceptors (Lipinski definition) is 9. The number of hydrogen-bond donors (Lipinski definition) is 3. The fraction of sp³-hybridized carbons (Fsp3) is 0.167. The monoisotopic (exact) mass is 493 g/mol. The van der Waals surface area contributed by atoms with Gasteiger partial charge in [0.2, 0.25) is 18.6 Å². The molecule has 35 heavy (non-hydrogen) atoms. The van der Waals surface area contributed by atoms with Crippen molar-refractivity contribution in [3.8, 4) is 17.2 Å². The van der Waals surface area contributed by atoms with Crippen molar-refractivity contribution >= 4 is 39.3 Å². The minimum atomic E-state index is -0.882. The molecule has 1 aliphatic rings. The quantitative estimate of drug-likeness (QED) is 0.357. The SMILES string of the molecule is O=C(C[C@@H](c1cc2c(cc1O)OCO2)c1coc2ccccc2c1=O)NCC(=O)Nc1nccs1. The molecule has 4 aromatic rings. The number of benzene rings is 2. The molecule has 2 aromatic carbocycles. The lowest BCUT2D eigenvalue weighted by Gasteiger charge is -2.19. The Kier molecular flexibility index (Phi) is 6.06. The van der Waals surface area contributed by atoms with Gasteiger partial charge in [-0.1, -0.05) is 12.1 Å². The number of nitrogens with one attached hydrogen (secondary N) is 2. The van der Waals surface area contributed by atoms with Gasteiger partial charge in [0.25, 0.3) is 0 Å². The molecule has 11 heteroatoms. The van der Waals surface area contributed by atoms with Gasteiger partial charge in [-0.05, 0) is 18.2 Å². The van der Waals surface area contributed by atoms with Crippen LogP contribution in [0.25, 0.3) is 11.0 Å². The van der Waals surface area contributed by atoms with Crippen LogP contribution in [0, 0.1) is 0 Å². The molecule has 10 nitrogen and oxygen atoms in total. The molecule has 178 valence electrons. The molecule has 0 fully saturated rings. The fourth-order valence-corrected chi connectivity index (χ4v) is 4.38. The van der Waals surface area contributed by atoms with Crippen LogP contribution in [0.5, 0.6) is 17.2 Å². The van der Waals surface area contributed by atoms with E-state index in [-0.39, 0.29) is 36.5 Å². The predicted molar refractivity (Wildman–Crippen MR) is 127 cm³/mol. The molecule has 0 unspecified atom stereocenters. The molecule has 0 saturated carbocycles. The highest BCUT2D eigenvalue weighted by atomic mass is 32.1. The molecule has 1 atom stereocenters. The van der Waals surface area contributed by atoms with Gasteiger partial charge in [0.15, 0.2) is 22.1 Å². The summed E-state index contributed by atoms with van der Waals surface area (Å²) >= 11 is 1.25. The molecule has 0 aliphatic carbocycles. The van der Waals surface area contributed by atoms with Crippen LogP contribution < -0.4 is 25.5 Å². The zero-order valence-corrected chi connectivity index (χ0v) is 19.0. The van der Waals surface area contributed by atoms with Gasteiger partial charge in [-0.25, -0.2) is 4.98 Å². The van der Waals surface area contributed by atoms with Crippen LogP contribution in [0.4, 0.5) is 5.13 Å². The van der Waals surface area contributed by atoms with Crippen molar-refractivity contribution in [1.29, 1.82) is 0 Å². The van der Waals surface area contributed by atoms with Gasteiger partial charge in [-0.15, -0.1) is 11.3 Å². The summed E-state index contributed by atoms with van der Waals surface area (Å²) < 4.78 is 16.4. The number of fused-ring (bicyclic) bond motifs is 2. The van der Waals surface area contributed by atoms with Crippen LogP contribution >= 0.6 is 11.3 Å². The highest BCUT2D eigenvalue weighted by molar-refractivity contribution is 7.13. The fourth-order valence-electron chi connectivity index (χ4n) is 3.83. The molecule has 2 aromatic heterocycles. The maximum absolute atomic E-state index is 13.3. The Balaban J connectivity index is 1.44. The van der Waals surface area contributed by atoms with E-state index in [1.165, 1.54) is 23.7 Å². The summed E-state index contributed by atoms with van der Waals surface area (Å²) in [6, 6.07) is 9.68. The molecule has 0 saturated heterocycles. The van der Waals surface area contributed by atoms with E-state index in [1.807, 2.05) is 0 Å². The van der Waals surface area contributed by atoms with E-state index in [9.17, 15) is 19.5 Å². The van der Waals surface area contributed by atoms with Crippen molar-refractivity contribution in [1.82, 2.24) is 10.3 Å². The summed E-state index contributed by atoms with van der Waals surface area (Å²) in [5.41, 5.74) is 0.543. The largest absolute Gasteiger partial charge is 0.508 e. The summed E-state index contributed by atoms with van der Waals surface area (Å²) in [6.45, 7) is -0.291. The Morgan fingerprint density at radius 2 is 1.91 bits per heavy atom. The molecule has 5 rings (SSSR count). The number of rotatable bonds is 7. The first-order valence-corrected chi connectivity index (χ1v) is 11.5. The average molecular weight is 493 g/mol. The molecule has 2 amide bonds. The second-order valence-electron chi connectivity index (χ2n) is 7.70. The maximum Gasteiger partial charge on any atom is 0.245 e. The van der Waals surface area contributed by atoms with E-state index in [4.69, 9.17) is 13.9 Å². The van der Waals surface area contributed by atoms with Crippen LogP contribution in [0.3, 0.4) is 0 Å². The van der Waals surface area contributed by atoms with Crippen molar-refractivity contribution in [2.45, 2.75) is 12.3 Å². The molecule has 3 N–H and O–H groups in total. The lowest BCUT2D eigenvalue weighted by Crippen LogP contribution is -2.34. The second kappa shape index (κ2) is 9.47. The van der Waals surface area contributed by atoms with Gasteiger partial charge < -0.3 is 29.6 Å². The zero-order chi connectivity index (χ0) is 24.4. The molecule has 1 aliphatic heterocycles. The van der Waals surface area contributed by atoms with E-state index in [0.717, 1.165) is 0 Å². The van der Waals surface area contributed by atoms with E-state index in [2.05, 4.69) is 15.6 Å². The van der Waals surface area contributed by atoms with Gasteiger partial charge in [-0.2, -0.15) is 0 Å². The highest BCUT2D eigenvalue weighted by Gasteiger charge is 2.28. The topological polar surface area (TPSA) is 140 Å². The molecular weight excluding hydrogens is 474 g/mol. The van der Waals surface area contributed by atoms with E-state index < -0.39 is 17.7 Å². The normalized spacial score (nSPS) is 12.9. The average Bonchev–Trinajstić information content (AvgIpc) is 3.53. The number of phenolic OH excluding ortho intramolecular Hbond substituents is 1. The minimum Gasteiger partial charge on any atom is -0.508 e. The Morgan fingerprint density at radius 1 is 1.11 bits per heavy atom. The Labute approximate surface area is 202 Å². The van der Waals surface area contributed by atoms with Crippen LogP contribution in [-0.2, 0) is 9.59 Å². The van der Waals surface area contributed by atoms with Gasteiger partial charge >= 0.3 is 0 Å². The first-order chi connectivity index (χ1) is 17.0. The van der Waals surface area contributed by atoms with Gasteiger partial charge in [0.05, 0.1) is 18.2 Å². The van der Waals surface area contributed by atoms with Crippen LogP contribution in [-0.4, -0.2) is 35.2 Å². The van der Waals surface area contributed by atoms with Crippen LogP contribution in [0.1, 0.15) is 23.5 Å². The second-order valence-corrected chi connectivity index (χ2v) is 8.59. The molecular formula is C24H19N3O7S. The smallest absolute Gasteiger partial charge is 0.245 e. The molecule has 3 heterocycles. The summed E-state index contributed by atoms with van der Waals surface area (Å²) in [6.07, 6.45) is 2.61. The molecule has 0 radical (unpaired) electrons. The third kappa shape index (κ3) is 4.66. The Bertz CT molecular complexity index is 1470. The summed E-state index contributed by atoms with van der Waals surface area (Å²) in [5, 5.41) is 18.3. The van der Waals surface area contributed by atoms with Crippen molar-refractivity contribution in [2.75, 3.05) is 18.7 Å². The van der Waals surface area contributed by atoms with E-state index in [1.54, 1.807) is 41.9 Å². The first-order valence-electron chi connectivity index (χ1n) is 10.6. The van der Waals surface area contributed by atoms with Crippen molar-refractivity contribution < 1.29 is 28.6 Å². The first kappa shape index (κ1) is 22.4. The third-order valence-corrected chi connectivity index (χ3v) is 6.18. The standard InChI is InChI=1S/C24H19N3O7S/c28-17-9-20-19(33-12-34-20)7-15(17)14(16-11-32-18-4-2-1-3-13(18)23(16)31)8-21(29)26-10-22(30)27-24-25-5-6-35-24/h1-7,9,11,14,28H,8,10,12H2,(H,26,29)(H,25,27,30)/t14-/m0/s1. The van der Waals surface area contributed by atoms with Gasteiger partial charge in [0, 0.05) is 41.1 Å². The molecule has 0 spiro atoms.